The molecular formula is C11H17N3O6. The van der Waals surface area contributed by atoms with Gasteiger partial charge in [0, 0.05) is 0 Å². The molecule has 9 heteroatoms. The summed E-state index contributed by atoms with van der Waals surface area (Å²) in [7, 11) is 0. The molecule has 1 fully saturated rings. The van der Waals surface area contributed by atoms with E-state index in [0.29, 0.717) is 0 Å². The summed E-state index contributed by atoms with van der Waals surface area (Å²) in [4.78, 5) is 45.9. The lowest BCUT2D eigenvalue weighted by Crippen LogP contribution is -2.50. The summed E-state index contributed by atoms with van der Waals surface area (Å²) in [5.74, 6) is -1.85. The molecule has 0 aromatic heterocycles. The Morgan fingerprint density at radius 3 is 2.45 bits per heavy atom. The Bertz CT molecular complexity index is 442. The molecule has 0 aromatic rings. The molecule has 1 aliphatic rings. The van der Waals surface area contributed by atoms with Crippen LogP contribution >= 0.6 is 0 Å². The van der Waals surface area contributed by atoms with Gasteiger partial charge in [0.05, 0.1) is 6.54 Å². The van der Waals surface area contributed by atoms with Crippen molar-refractivity contribution in [3.63, 3.8) is 0 Å². The van der Waals surface area contributed by atoms with Gasteiger partial charge in [-0.15, -0.1) is 0 Å². The molecule has 1 rings (SSSR count). The smallest absolute Gasteiger partial charge is 0.408 e. The highest BCUT2D eigenvalue weighted by Gasteiger charge is 2.32. The number of urea groups is 1. The van der Waals surface area contributed by atoms with E-state index in [0.717, 1.165) is 4.90 Å². The highest BCUT2D eigenvalue weighted by atomic mass is 16.6. The number of carbonyl (C=O) groups excluding carboxylic acids is 3. The van der Waals surface area contributed by atoms with Crippen molar-refractivity contribution < 1.29 is 29.0 Å². The number of alkyl carbamates (subject to hydrolysis) is 1. The van der Waals surface area contributed by atoms with E-state index in [2.05, 4.69) is 5.32 Å². The van der Waals surface area contributed by atoms with Crippen LogP contribution in [0.5, 0.6) is 0 Å². The second-order valence-corrected chi connectivity index (χ2v) is 5.27. The number of amides is 4. The van der Waals surface area contributed by atoms with Crippen LogP contribution in [0.25, 0.3) is 0 Å². The van der Waals surface area contributed by atoms with Gasteiger partial charge in [-0.2, -0.15) is 0 Å². The molecule has 1 heterocycles. The predicted octanol–water partition coefficient (Wildman–Crippen LogP) is -0.484. The summed E-state index contributed by atoms with van der Waals surface area (Å²) in [5, 5.41) is 13.2. The maximum atomic E-state index is 11.5. The van der Waals surface area contributed by atoms with Crippen LogP contribution in [0.4, 0.5) is 9.59 Å². The molecule has 0 aromatic carbocycles. The van der Waals surface area contributed by atoms with Crippen LogP contribution in [-0.2, 0) is 14.3 Å². The van der Waals surface area contributed by atoms with Crippen molar-refractivity contribution in [3.05, 3.63) is 0 Å². The largest absolute Gasteiger partial charge is 0.480 e. The third-order valence-electron chi connectivity index (χ3n) is 2.26. The quantitative estimate of drug-likeness (QED) is 0.599. The van der Waals surface area contributed by atoms with Gasteiger partial charge in [0.25, 0.3) is 0 Å². The number of carboxylic acid groups (broad SMARTS) is 1. The summed E-state index contributed by atoms with van der Waals surface area (Å²) < 4.78 is 4.93. The number of ether oxygens (including phenoxy) is 1. The van der Waals surface area contributed by atoms with Gasteiger partial charge >= 0.3 is 18.1 Å². The van der Waals surface area contributed by atoms with Gasteiger partial charge in [-0.05, 0) is 20.8 Å². The maximum absolute atomic E-state index is 11.5. The summed E-state index contributed by atoms with van der Waals surface area (Å²) in [5.41, 5.74) is -0.770. The lowest BCUT2D eigenvalue weighted by atomic mass is 10.2. The first kappa shape index (κ1) is 15.7. The van der Waals surface area contributed by atoms with Crippen LogP contribution in [0.15, 0.2) is 0 Å². The van der Waals surface area contributed by atoms with Crippen molar-refractivity contribution in [2.24, 2.45) is 0 Å². The van der Waals surface area contributed by atoms with E-state index >= 15 is 0 Å². The van der Waals surface area contributed by atoms with Crippen LogP contribution in [0.3, 0.4) is 0 Å². The van der Waals surface area contributed by atoms with E-state index in [1.165, 1.54) is 0 Å². The van der Waals surface area contributed by atoms with Gasteiger partial charge in [0.15, 0.2) is 0 Å². The molecule has 1 aliphatic heterocycles. The fraction of sp³-hybridized carbons (Fsp3) is 0.636. The van der Waals surface area contributed by atoms with E-state index in [1.807, 2.05) is 5.32 Å². The number of nitrogens with zero attached hydrogens (tertiary/aromatic N) is 1. The topological polar surface area (TPSA) is 125 Å². The summed E-state index contributed by atoms with van der Waals surface area (Å²) in [6.07, 6.45) is -0.907. The Balaban J connectivity index is 2.62. The second-order valence-electron chi connectivity index (χ2n) is 5.27. The molecule has 0 radical (unpaired) electrons. The molecule has 9 nitrogen and oxygen atoms in total. The summed E-state index contributed by atoms with van der Waals surface area (Å²) in [6.45, 7) is 4.34. The number of aliphatic carboxylic acids is 1. The maximum Gasteiger partial charge on any atom is 0.408 e. The minimum atomic E-state index is -1.36. The molecule has 20 heavy (non-hydrogen) atoms. The Morgan fingerprint density at radius 2 is 2.05 bits per heavy atom. The first-order chi connectivity index (χ1) is 9.08. The van der Waals surface area contributed by atoms with Gasteiger partial charge in [-0.25, -0.2) is 14.4 Å². The van der Waals surface area contributed by atoms with E-state index < -0.39 is 35.6 Å². The normalized spacial score (nSPS) is 16.6. The van der Waals surface area contributed by atoms with E-state index in [-0.39, 0.29) is 13.1 Å². The lowest BCUT2D eigenvalue weighted by molar-refractivity contribution is -0.139. The Kier molecular flexibility index (Phi) is 4.53. The summed E-state index contributed by atoms with van der Waals surface area (Å²) >= 11 is 0. The van der Waals surface area contributed by atoms with Gasteiger partial charge in [0.1, 0.15) is 18.2 Å². The lowest BCUT2D eigenvalue weighted by Gasteiger charge is -2.23. The molecule has 4 amide bonds. The molecule has 1 saturated heterocycles. The first-order valence-corrected chi connectivity index (χ1v) is 5.89. The second kappa shape index (κ2) is 5.76. The van der Waals surface area contributed by atoms with Crippen LogP contribution in [0.1, 0.15) is 20.8 Å². The molecule has 1 atom stereocenters. The van der Waals surface area contributed by atoms with Crippen molar-refractivity contribution in [1.82, 2.24) is 15.5 Å². The van der Waals surface area contributed by atoms with Crippen LogP contribution in [-0.4, -0.2) is 58.7 Å². The van der Waals surface area contributed by atoms with Gasteiger partial charge in [-0.1, -0.05) is 0 Å². The van der Waals surface area contributed by atoms with Crippen LogP contribution in [0, 0.1) is 0 Å². The van der Waals surface area contributed by atoms with Crippen molar-refractivity contribution >= 4 is 24.0 Å². The molecule has 3 N–H and O–H groups in total. The van der Waals surface area contributed by atoms with Gasteiger partial charge in [-0.3, -0.25) is 10.1 Å². The van der Waals surface area contributed by atoms with Gasteiger partial charge in [0.2, 0.25) is 5.91 Å². The molecule has 1 unspecified atom stereocenters. The zero-order valence-corrected chi connectivity index (χ0v) is 11.4. The number of hydrogen-bond donors (Lipinski definition) is 3. The average Bonchev–Trinajstić information content (AvgIpc) is 2.53. The monoisotopic (exact) mass is 287 g/mol. The van der Waals surface area contributed by atoms with Crippen molar-refractivity contribution in [2.75, 3.05) is 13.1 Å². The van der Waals surface area contributed by atoms with Crippen molar-refractivity contribution in [3.8, 4) is 0 Å². The highest BCUT2D eigenvalue weighted by molar-refractivity contribution is 6.02. The molecule has 112 valence electrons. The third-order valence-corrected chi connectivity index (χ3v) is 2.26. The highest BCUT2D eigenvalue weighted by Crippen LogP contribution is 2.07. The third kappa shape index (κ3) is 4.75. The van der Waals surface area contributed by atoms with Gasteiger partial charge < -0.3 is 20.1 Å². The minimum absolute atomic E-state index is 0.237. The minimum Gasteiger partial charge on any atom is -0.480 e. The number of rotatable bonds is 4. The molecule has 0 spiro atoms. The molecular weight excluding hydrogens is 270 g/mol. The predicted molar refractivity (Wildman–Crippen MR) is 65.9 cm³/mol. The zero-order valence-electron chi connectivity index (χ0n) is 11.4. The van der Waals surface area contributed by atoms with E-state index in [4.69, 9.17) is 9.84 Å². The average molecular weight is 287 g/mol. The number of carbonyl (C=O) groups is 4. The SMILES string of the molecule is CC(C)(C)OC(=O)NC(CN1CC(=O)NC1=O)C(=O)O. The first-order valence-electron chi connectivity index (χ1n) is 5.89. The van der Waals surface area contributed by atoms with E-state index in [1.54, 1.807) is 20.8 Å². The molecule has 0 bridgehead atoms. The van der Waals surface area contributed by atoms with E-state index in [9.17, 15) is 19.2 Å². The Morgan fingerprint density at radius 1 is 1.45 bits per heavy atom. The fourth-order valence-electron chi connectivity index (χ4n) is 1.49. The Hall–Kier alpha value is -2.32. The fourth-order valence-corrected chi connectivity index (χ4v) is 1.49. The van der Waals surface area contributed by atoms with Crippen LogP contribution in [0.2, 0.25) is 0 Å². The van der Waals surface area contributed by atoms with Crippen LogP contribution < -0.4 is 10.6 Å². The standard InChI is InChI=1S/C11H17N3O6/c1-11(2,3)20-10(19)12-6(8(16)17)4-14-5-7(15)13-9(14)18/h6H,4-5H2,1-3H3,(H,12,19)(H,16,17)(H,13,15,18). The van der Waals surface area contributed by atoms with Crippen molar-refractivity contribution in [2.45, 2.75) is 32.4 Å². The number of carboxylic acids is 1. The summed E-state index contributed by atoms with van der Waals surface area (Å²) in [6, 6.07) is -2.05. The van der Waals surface area contributed by atoms with Crippen molar-refractivity contribution in [1.29, 1.82) is 0 Å². The number of hydrogen-bond acceptors (Lipinski definition) is 5. The number of nitrogens with one attached hydrogen (secondary N) is 2. The molecule has 0 saturated carbocycles. The molecule has 0 aliphatic carbocycles. The zero-order chi connectivity index (χ0) is 15.5. The number of imide groups is 1. The Labute approximate surface area is 115 Å².